The van der Waals surface area contributed by atoms with E-state index < -0.39 is 0 Å². The topological polar surface area (TPSA) is 42.8 Å². The maximum atomic E-state index is 9.04. The number of nitriles is 1. The Morgan fingerprint density at radius 2 is 1.90 bits per heavy atom. The first-order valence-corrected chi connectivity index (χ1v) is 6.95. The maximum absolute atomic E-state index is 9.04. The number of aromatic amines is 1. The van der Waals surface area contributed by atoms with E-state index in [1.807, 2.05) is 24.4 Å². The van der Waals surface area contributed by atoms with Crippen LogP contribution in [0.1, 0.15) is 16.7 Å². The number of fused-ring (bicyclic) bond motifs is 1. The van der Waals surface area contributed by atoms with Crippen molar-refractivity contribution >= 4 is 16.6 Å². The lowest BCUT2D eigenvalue weighted by atomic mass is 10.1. The zero-order chi connectivity index (χ0) is 14.8. The molecular weight excluding hydrogens is 258 g/mol. The molecule has 21 heavy (non-hydrogen) atoms. The molecule has 0 fully saturated rings. The Morgan fingerprint density at radius 1 is 1.14 bits per heavy atom. The number of hydrogen-bond acceptors (Lipinski definition) is 2. The number of rotatable bonds is 3. The fourth-order valence-electron chi connectivity index (χ4n) is 2.52. The Kier molecular flexibility index (Phi) is 3.37. The van der Waals surface area contributed by atoms with Crippen LogP contribution in [0.2, 0.25) is 0 Å². The Balaban J connectivity index is 1.91. The SMILES string of the molecule is Cc1ccc(N(C)Cc2c[nH]c3ccc(C#N)cc23)cc1. The van der Waals surface area contributed by atoms with Crippen molar-refractivity contribution in [3.05, 3.63) is 65.4 Å². The highest BCUT2D eigenvalue weighted by Gasteiger charge is 2.08. The van der Waals surface area contributed by atoms with Crippen LogP contribution in [0, 0.1) is 18.3 Å². The molecule has 0 bridgehead atoms. The van der Waals surface area contributed by atoms with Crippen molar-refractivity contribution in [2.75, 3.05) is 11.9 Å². The molecule has 3 rings (SSSR count). The summed E-state index contributed by atoms with van der Waals surface area (Å²) in [5.74, 6) is 0. The molecule has 2 aromatic carbocycles. The first-order chi connectivity index (χ1) is 10.2. The van der Waals surface area contributed by atoms with E-state index in [1.165, 1.54) is 16.8 Å². The van der Waals surface area contributed by atoms with Gasteiger partial charge in [0.25, 0.3) is 0 Å². The second-order valence-corrected chi connectivity index (χ2v) is 5.38. The van der Waals surface area contributed by atoms with Crippen molar-refractivity contribution in [3.8, 4) is 6.07 Å². The van der Waals surface area contributed by atoms with Crippen LogP contribution < -0.4 is 4.90 Å². The number of aryl methyl sites for hydroxylation is 1. The van der Waals surface area contributed by atoms with Gasteiger partial charge in [0.05, 0.1) is 11.6 Å². The van der Waals surface area contributed by atoms with Gasteiger partial charge >= 0.3 is 0 Å². The van der Waals surface area contributed by atoms with Gasteiger partial charge in [-0.2, -0.15) is 5.26 Å². The minimum absolute atomic E-state index is 0.696. The lowest BCUT2D eigenvalue weighted by molar-refractivity contribution is 0.929. The van der Waals surface area contributed by atoms with E-state index in [1.54, 1.807) is 0 Å². The fourth-order valence-corrected chi connectivity index (χ4v) is 2.52. The first kappa shape index (κ1) is 13.3. The van der Waals surface area contributed by atoms with Crippen molar-refractivity contribution in [3.63, 3.8) is 0 Å². The van der Waals surface area contributed by atoms with Crippen molar-refractivity contribution in [1.29, 1.82) is 5.26 Å². The van der Waals surface area contributed by atoms with Gasteiger partial charge in [-0.05, 0) is 42.8 Å². The van der Waals surface area contributed by atoms with Gasteiger partial charge in [0.2, 0.25) is 0 Å². The fraction of sp³-hybridized carbons (Fsp3) is 0.167. The standard InChI is InChI=1S/C18H17N3/c1-13-3-6-16(7-4-13)21(2)12-15-11-20-18-8-5-14(10-19)9-17(15)18/h3-9,11,20H,12H2,1-2H3. The number of nitrogens with zero attached hydrogens (tertiary/aromatic N) is 2. The normalized spacial score (nSPS) is 10.5. The van der Waals surface area contributed by atoms with Gasteiger partial charge in [0.1, 0.15) is 0 Å². The van der Waals surface area contributed by atoms with E-state index in [9.17, 15) is 0 Å². The number of anilines is 1. The number of aromatic nitrogens is 1. The van der Waals surface area contributed by atoms with E-state index in [0.29, 0.717) is 5.56 Å². The van der Waals surface area contributed by atoms with E-state index in [0.717, 1.165) is 17.4 Å². The molecule has 0 amide bonds. The van der Waals surface area contributed by atoms with Crippen LogP contribution in [0.5, 0.6) is 0 Å². The lowest BCUT2D eigenvalue weighted by Crippen LogP contribution is -2.15. The Morgan fingerprint density at radius 3 is 2.62 bits per heavy atom. The summed E-state index contributed by atoms with van der Waals surface area (Å²) in [4.78, 5) is 5.48. The zero-order valence-corrected chi connectivity index (χ0v) is 12.2. The van der Waals surface area contributed by atoms with Gasteiger partial charge in [-0.25, -0.2) is 0 Å². The molecule has 0 aliphatic rings. The predicted molar refractivity (Wildman–Crippen MR) is 86.3 cm³/mol. The number of nitrogens with one attached hydrogen (secondary N) is 1. The zero-order valence-electron chi connectivity index (χ0n) is 12.2. The molecule has 0 atom stereocenters. The molecule has 3 heteroatoms. The summed E-state index contributed by atoms with van der Waals surface area (Å²) in [5, 5.41) is 10.2. The van der Waals surface area contributed by atoms with Gasteiger partial charge in [-0.3, -0.25) is 0 Å². The highest BCUT2D eigenvalue weighted by atomic mass is 15.1. The predicted octanol–water partition coefficient (Wildman–Crippen LogP) is 3.98. The second-order valence-electron chi connectivity index (χ2n) is 5.38. The summed E-state index contributed by atoms with van der Waals surface area (Å²) in [5.41, 5.74) is 5.41. The number of benzene rings is 2. The van der Waals surface area contributed by atoms with Gasteiger partial charge in [-0.1, -0.05) is 17.7 Å². The van der Waals surface area contributed by atoms with Crippen molar-refractivity contribution in [2.24, 2.45) is 0 Å². The molecule has 0 aliphatic carbocycles. The Bertz CT molecular complexity index is 807. The molecule has 3 nitrogen and oxygen atoms in total. The van der Waals surface area contributed by atoms with Gasteiger partial charge in [0, 0.05) is 36.4 Å². The van der Waals surface area contributed by atoms with Crippen LogP contribution in [0.3, 0.4) is 0 Å². The van der Waals surface area contributed by atoms with Crippen LogP contribution in [0.15, 0.2) is 48.7 Å². The number of hydrogen-bond donors (Lipinski definition) is 1. The minimum atomic E-state index is 0.696. The monoisotopic (exact) mass is 275 g/mol. The smallest absolute Gasteiger partial charge is 0.0991 e. The maximum Gasteiger partial charge on any atom is 0.0991 e. The molecule has 1 N–H and O–H groups in total. The third-order valence-electron chi connectivity index (χ3n) is 3.78. The third-order valence-corrected chi connectivity index (χ3v) is 3.78. The van der Waals surface area contributed by atoms with E-state index in [-0.39, 0.29) is 0 Å². The summed E-state index contributed by atoms with van der Waals surface area (Å²) in [6.07, 6.45) is 2.02. The molecular formula is C18H17N3. The highest BCUT2D eigenvalue weighted by Crippen LogP contribution is 2.23. The summed E-state index contributed by atoms with van der Waals surface area (Å²) < 4.78 is 0. The summed E-state index contributed by atoms with van der Waals surface area (Å²) in [6.45, 7) is 2.89. The highest BCUT2D eigenvalue weighted by molar-refractivity contribution is 5.84. The van der Waals surface area contributed by atoms with E-state index >= 15 is 0 Å². The largest absolute Gasteiger partial charge is 0.370 e. The molecule has 0 unspecified atom stereocenters. The summed E-state index contributed by atoms with van der Waals surface area (Å²) in [7, 11) is 2.08. The first-order valence-electron chi connectivity index (χ1n) is 6.95. The second kappa shape index (κ2) is 5.34. The van der Waals surface area contributed by atoms with Crippen molar-refractivity contribution < 1.29 is 0 Å². The number of H-pyrrole nitrogens is 1. The van der Waals surface area contributed by atoms with E-state index in [4.69, 9.17) is 5.26 Å². The molecule has 0 saturated heterocycles. The molecule has 104 valence electrons. The van der Waals surface area contributed by atoms with Gasteiger partial charge < -0.3 is 9.88 Å². The van der Waals surface area contributed by atoms with Crippen LogP contribution in [0.4, 0.5) is 5.69 Å². The van der Waals surface area contributed by atoms with Crippen LogP contribution in [-0.2, 0) is 6.54 Å². The Hall–Kier alpha value is -2.73. The quantitative estimate of drug-likeness (QED) is 0.785. The van der Waals surface area contributed by atoms with Gasteiger partial charge in [-0.15, -0.1) is 0 Å². The summed E-state index contributed by atoms with van der Waals surface area (Å²) in [6, 6.07) is 16.4. The lowest BCUT2D eigenvalue weighted by Gasteiger charge is -2.19. The van der Waals surface area contributed by atoms with Crippen LogP contribution in [0.25, 0.3) is 10.9 Å². The average Bonchev–Trinajstić information content (AvgIpc) is 2.90. The van der Waals surface area contributed by atoms with Gasteiger partial charge in [0.15, 0.2) is 0 Å². The molecule has 0 spiro atoms. The average molecular weight is 275 g/mol. The minimum Gasteiger partial charge on any atom is -0.370 e. The van der Waals surface area contributed by atoms with Crippen LogP contribution >= 0.6 is 0 Å². The molecule has 1 heterocycles. The molecule has 1 aromatic heterocycles. The summed E-state index contributed by atoms with van der Waals surface area (Å²) >= 11 is 0. The Labute approximate surface area is 124 Å². The van der Waals surface area contributed by atoms with Crippen molar-refractivity contribution in [2.45, 2.75) is 13.5 Å². The van der Waals surface area contributed by atoms with E-state index in [2.05, 4.69) is 54.2 Å². The van der Waals surface area contributed by atoms with Crippen LogP contribution in [-0.4, -0.2) is 12.0 Å². The third kappa shape index (κ3) is 2.61. The molecule has 0 saturated carbocycles. The molecule has 0 aliphatic heterocycles. The molecule has 3 aromatic rings. The molecule has 0 radical (unpaired) electrons. The van der Waals surface area contributed by atoms with Crippen molar-refractivity contribution in [1.82, 2.24) is 4.98 Å².